The standard InChI is InChI=1S/C6H13N/c1-2-3-4-5-6-7/h3-4H,2,5-7H2,1H3/b4-3+. The highest BCUT2D eigenvalue weighted by Gasteiger charge is 1.67. The molecular weight excluding hydrogens is 86.1 g/mol. The second kappa shape index (κ2) is 5.70. The number of rotatable bonds is 3. The lowest BCUT2D eigenvalue weighted by atomic mass is 10.3. The van der Waals surface area contributed by atoms with Gasteiger partial charge in [0.15, 0.2) is 0 Å². The lowest BCUT2D eigenvalue weighted by molar-refractivity contribution is 0.999. The van der Waals surface area contributed by atoms with Crippen molar-refractivity contribution in [1.82, 2.24) is 0 Å². The van der Waals surface area contributed by atoms with E-state index in [1.807, 2.05) is 0 Å². The Labute approximate surface area is 45.2 Å². The molecule has 1 nitrogen and oxygen atoms in total. The van der Waals surface area contributed by atoms with Gasteiger partial charge in [-0.25, -0.2) is 0 Å². The fraction of sp³-hybridized carbons (Fsp3) is 0.667. The van der Waals surface area contributed by atoms with Crippen molar-refractivity contribution in [2.45, 2.75) is 19.8 Å². The molecule has 0 heterocycles. The first-order valence-electron chi connectivity index (χ1n) is 2.77. The van der Waals surface area contributed by atoms with Crippen molar-refractivity contribution >= 4 is 0 Å². The van der Waals surface area contributed by atoms with Crippen molar-refractivity contribution in [3.05, 3.63) is 12.2 Å². The molecule has 0 aliphatic rings. The van der Waals surface area contributed by atoms with Crippen molar-refractivity contribution in [2.75, 3.05) is 6.54 Å². The minimum Gasteiger partial charge on any atom is -0.330 e. The highest BCUT2D eigenvalue weighted by Crippen LogP contribution is 1.81. The molecule has 0 fully saturated rings. The summed E-state index contributed by atoms with van der Waals surface area (Å²) >= 11 is 0. The van der Waals surface area contributed by atoms with Crippen molar-refractivity contribution in [3.8, 4) is 0 Å². The fourth-order valence-electron chi connectivity index (χ4n) is 0.381. The Balaban J connectivity index is 2.78. The molecule has 2 N–H and O–H groups in total. The molecule has 0 unspecified atom stereocenters. The maximum absolute atomic E-state index is 5.22. The molecule has 1 heteroatoms. The summed E-state index contributed by atoms with van der Waals surface area (Å²) in [4.78, 5) is 0. The average Bonchev–Trinajstić information content (AvgIpc) is 1.69. The average molecular weight is 99.2 g/mol. The van der Waals surface area contributed by atoms with Gasteiger partial charge in [0.25, 0.3) is 0 Å². The Hall–Kier alpha value is -0.300. The van der Waals surface area contributed by atoms with E-state index >= 15 is 0 Å². The van der Waals surface area contributed by atoms with Crippen LogP contribution in [-0.2, 0) is 0 Å². The van der Waals surface area contributed by atoms with Crippen molar-refractivity contribution in [1.29, 1.82) is 0 Å². The molecule has 7 heavy (non-hydrogen) atoms. The molecule has 42 valence electrons. The topological polar surface area (TPSA) is 26.0 Å². The molecule has 0 spiro atoms. The fourth-order valence-corrected chi connectivity index (χ4v) is 0.381. The molecule has 0 aromatic carbocycles. The van der Waals surface area contributed by atoms with Crippen LogP contribution in [0.25, 0.3) is 0 Å². The number of hydrogen-bond donors (Lipinski definition) is 1. The minimum atomic E-state index is 0.774. The zero-order valence-electron chi connectivity index (χ0n) is 4.85. The van der Waals surface area contributed by atoms with Gasteiger partial charge >= 0.3 is 0 Å². The maximum Gasteiger partial charge on any atom is -0.00426 e. The van der Waals surface area contributed by atoms with Gasteiger partial charge in [-0.15, -0.1) is 0 Å². The van der Waals surface area contributed by atoms with Gasteiger partial charge in [0.05, 0.1) is 0 Å². The van der Waals surface area contributed by atoms with Crippen LogP contribution in [0.2, 0.25) is 0 Å². The highest BCUT2D eigenvalue weighted by molar-refractivity contribution is 4.79. The zero-order chi connectivity index (χ0) is 5.54. The molecule has 0 aromatic rings. The Morgan fingerprint density at radius 2 is 2.14 bits per heavy atom. The van der Waals surface area contributed by atoms with Crippen LogP contribution in [0.5, 0.6) is 0 Å². The third-order valence-corrected chi connectivity index (χ3v) is 0.736. The summed E-state index contributed by atoms with van der Waals surface area (Å²) in [5, 5.41) is 0. The van der Waals surface area contributed by atoms with Crippen LogP contribution in [0.4, 0.5) is 0 Å². The van der Waals surface area contributed by atoms with Crippen LogP contribution >= 0.6 is 0 Å². The van der Waals surface area contributed by atoms with Crippen LogP contribution in [0.15, 0.2) is 12.2 Å². The molecule has 0 saturated carbocycles. The van der Waals surface area contributed by atoms with Gasteiger partial charge in [-0.3, -0.25) is 0 Å². The Morgan fingerprint density at radius 1 is 1.43 bits per heavy atom. The summed E-state index contributed by atoms with van der Waals surface area (Å²) in [6, 6.07) is 0. The van der Waals surface area contributed by atoms with E-state index in [1.54, 1.807) is 0 Å². The molecule has 0 atom stereocenters. The van der Waals surface area contributed by atoms with Gasteiger partial charge in [0.1, 0.15) is 0 Å². The molecule has 0 aromatic heterocycles. The van der Waals surface area contributed by atoms with Crippen LogP contribution in [0.3, 0.4) is 0 Å². The van der Waals surface area contributed by atoms with E-state index in [9.17, 15) is 0 Å². The van der Waals surface area contributed by atoms with E-state index < -0.39 is 0 Å². The number of nitrogens with two attached hydrogens (primary N) is 1. The summed E-state index contributed by atoms with van der Waals surface area (Å²) in [7, 11) is 0. The largest absolute Gasteiger partial charge is 0.330 e. The van der Waals surface area contributed by atoms with Crippen molar-refractivity contribution < 1.29 is 0 Å². The van der Waals surface area contributed by atoms with Gasteiger partial charge < -0.3 is 5.73 Å². The van der Waals surface area contributed by atoms with Crippen molar-refractivity contribution in [3.63, 3.8) is 0 Å². The predicted molar refractivity (Wildman–Crippen MR) is 33.1 cm³/mol. The van der Waals surface area contributed by atoms with E-state index in [1.165, 1.54) is 0 Å². The third-order valence-electron chi connectivity index (χ3n) is 0.736. The maximum atomic E-state index is 5.22. The lowest BCUT2D eigenvalue weighted by Crippen LogP contribution is -1.94. The zero-order valence-corrected chi connectivity index (χ0v) is 4.85. The van der Waals surface area contributed by atoms with E-state index in [0.29, 0.717) is 0 Å². The van der Waals surface area contributed by atoms with Gasteiger partial charge in [-0.05, 0) is 19.4 Å². The molecule has 0 aliphatic heterocycles. The number of hydrogen-bond acceptors (Lipinski definition) is 1. The summed E-state index contributed by atoms with van der Waals surface area (Å²) in [6.07, 6.45) is 6.39. The van der Waals surface area contributed by atoms with Gasteiger partial charge in [0, 0.05) is 0 Å². The van der Waals surface area contributed by atoms with Gasteiger partial charge in [-0.1, -0.05) is 19.1 Å². The normalized spacial score (nSPS) is 10.6. The monoisotopic (exact) mass is 99.1 g/mol. The highest BCUT2D eigenvalue weighted by atomic mass is 14.5. The van der Waals surface area contributed by atoms with Crippen LogP contribution in [0, 0.1) is 0 Å². The molecule has 0 aliphatic carbocycles. The van der Waals surface area contributed by atoms with Crippen LogP contribution in [0.1, 0.15) is 19.8 Å². The number of allylic oxidation sites excluding steroid dienone is 1. The molecule has 0 amide bonds. The first-order chi connectivity index (χ1) is 3.41. The predicted octanol–water partition coefficient (Wildman–Crippen LogP) is 1.30. The van der Waals surface area contributed by atoms with Gasteiger partial charge in [0.2, 0.25) is 0 Å². The van der Waals surface area contributed by atoms with Crippen LogP contribution in [-0.4, -0.2) is 6.54 Å². The Kier molecular flexibility index (Phi) is 5.46. The Bertz CT molecular complexity index is 48.1. The molecule has 0 rings (SSSR count). The molecule has 0 radical (unpaired) electrons. The second-order valence-electron chi connectivity index (χ2n) is 1.46. The second-order valence-corrected chi connectivity index (χ2v) is 1.46. The molecular formula is C6H13N. The van der Waals surface area contributed by atoms with E-state index in [0.717, 1.165) is 19.4 Å². The van der Waals surface area contributed by atoms with Gasteiger partial charge in [-0.2, -0.15) is 0 Å². The summed E-state index contributed by atoms with van der Waals surface area (Å²) in [5.41, 5.74) is 5.22. The first kappa shape index (κ1) is 6.70. The van der Waals surface area contributed by atoms with Crippen molar-refractivity contribution in [2.24, 2.45) is 5.73 Å². The first-order valence-corrected chi connectivity index (χ1v) is 2.77. The Morgan fingerprint density at radius 3 is 2.57 bits per heavy atom. The summed E-state index contributed by atoms with van der Waals surface area (Å²) in [6.45, 7) is 2.89. The van der Waals surface area contributed by atoms with E-state index in [4.69, 9.17) is 5.73 Å². The lowest BCUT2D eigenvalue weighted by Gasteiger charge is -1.80. The summed E-state index contributed by atoms with van der Waals surface area (Å²) < 4.78 is 0. The smallest absolute Gasteiger partial charge is 0.00426 e. The van der Waals surface area contributed by atoms with E-state index in [-0.39, 0.29) is 0 Å². The SMILES string of the molecule is CC/C=C/CCN. The quantitative estimate of drug-likeness (QED) is 0.530. The van der Waals surface area contributed by atoms with Crippen LogP contribution < -0.4 is 5.73 Å². The molecule has 0 saturated heterocycles. The van der Waals surface area contributed by atoms with E-state index in [2.05, 4.69) is 19.1 Å². The third kappa shape index (κ3) is 5.70. The summed E-state index contributed by atoms with van der Waals surface area (Å²) in [5.74, 6) is 0. The molecule has 0 bridgehead atoms. The minimum absolute atomic E-state index is 0.774.